The van der Waals surface area contributed by atoms with Crippen molar-refractivity contribution in [2.75, 3.05) is 11.5 Å². The molecule has 5 N–H and O–H groups in total. The second kappa shape index (κ2) is 8.11. The average molecular weight is 383 g/mol. The van der Waals surface area contributed by atoms with Gasteiger partial charge in [0.2, 0.25) is 5.95 Å². The number of thioether (sulfide) groups is 1. The number of hydrogen-bond donors (Lipinski definition) is 3. The maximum Gasteiger partial charge on any atom is 0.222 e. The molecule has 0 saturated carbocycles. The SMILES string of the molecule is CC(=NNC(=S)SCc1ccccc1)c1ccc2nc(N)nc(N)c2c1. The summed E-state index contributed by atoms with van der Waals surface area (Å²) in [6, 6.07) is 15.8. The Kier molecular flexibility index (Phi) is 5.65. The van der Waals surface area contributed by atoms with Crippen LogP contribution in [0.5, 0.6) is 0 Å². The number of nitrogens with two attached hydrogens (primary N) is 2. The van der Waals surface area contributed by atoms with Gasteiger partial charge in [-0.15, -0.1) is 0 Å². The molecule has 0 aliphatic carbocycles. The molecule has 0 aliphatic rings. The first-order chi connectivity index (χ1) is 12.5. The molecule has 0 spiro atoms. The first-order valence-electron chi connectivity index (χ1n) is 7.87. The molecular weight excluding hydrogens is 364 g/mol. The summed E-state index contributed by atoms with van der Waals surface area (Å²) in [6.45, 7) is 1.90. The van der Waals surface area contributed by atoms with E-state index in [1.54, 1.807) is 0 Å². The molecule has 8 heteroatoms. The molecule has 132 valence electrons. The van der Waals surface area contributed by atoms with Crippen molar-refractivity contribution >= 4 is 56.7 Å². The van der Waals surface area contributed by atoms with E-state index in [0.29, 0.717) is 15.7 Å². The Labute approximate surface area is 161 Å². The Balaban J connectivity index is 1.67. The predicted molar refractivity (Wildman–Crippen MR) is 114 cm³/mol. The fourth-order valence-electron chi connectivity index (χ4n) is 2.35. The summed E-state index contributed by atoms with van der Waals surface area (Å²) in [5, 5.41) is 5.10. The zero-order valence-corrected chi connectivity index (χ0v) is 15.8. The van der Waals surface area contributed by atoms with E-state index in [1.807, 2.05) is 43.3 Å². The number of rotatable bonds is 4. The van der Waals surface area contributed by atoms with Gasteiger partial charge in [0.15, 0.2) is 4.32 Å². The van der Waals surface area contributed by atoms with Gasteiger partial charge in [0, 0.05) is 11.1 Å². The van der Waals surface area contributed by atoms with E-state index < -0.39 is 0 Å². The van der Waals surface area contributed by atoms with Crippen molar-refractivity contribution in [1.29, 1.82) is 0 Å². The van der Waals surface area contributed by atoms with Crippen molar-refractivity contribution in [3.63, 3.8) is 0 Å². The number of anilines is 2. The van der Waals surface area contributed by atoms with E-state index in [-0.39, 0.29) is 5.95 Å². The number of hydrogen-bond acceptors (Lipinski definition) is 7. The van der Waals surface area contributed by atoms with Gasteiger partial charge in [-0.2, -0.15) is 10.1 Å². The fourth-order valence-corrected chi connectivity index (χ4v) is 3.17. The Hall–Kier alpha value is -2.71. The number of aromatic nitrogens is 2. The maximum absolute atomic E-state index is 5.93. The van der Waals surface area contributed by atoms with Crippen molar-refractivity contribution in [3.05, 3.63) is 59.7 Å². The van der Waals surface area contributed by atoms with Crippen LogP contribution in [0.4, 0.5) is 11.8 Å². The Morgan fingerprint density at radius 2 is 1.92 bits per heavy atom. The van der Waals surface area contributed by atoms with E-state index in [1.165, 1.54) is 17.3 Å². The number of fused-ring (bicyclic) bond motifs is 1. The summed E-state index contributed by atoms with van der Waals surface area (Å²) < 4.78 is 0.615. The minimum Gasteiger partial charge on any atom is -0.383 e. The molecule has 1 aromatic heterocycles. The van der Waals surface area contributed by atoms with Crippen LogP contribution in [0.25, 0.3) is 10.9 Å². The van der Waals surface area contributed by atoms with Crippen molar-refractivity contribution in [2.24, 2.45) is 5.10 Å². The van der Waals surface area contributed by atoms with Crippen LogP contribution < -0.4 is 16.9 Å². The molecule has 0 bridgehead atoms. The summed E-state index contributed by atoms with van der Waals surface area (Å²) in [5.74, 6) is 1.31. The van der Waals surface area contributed by atoms with Crippen molar-refractivity contribution in [3.8, 4) is 0 Å². The number of hydrazone groups is 1. The zero-order valence-electron chi connectivity index (χ0n) is 14.1. The first-order valence-corrected chi connectivity index (χ1v) is 9.26. The van der Waals surface area contributed by atoms with E-state index in [0.717, 1.165) is 22.4 Å². The lowest BCUT2D eigenvalue weighted by molar-refractivity contribution is 1.06. The Morgan fingerprint density at radius 3 is 2.69 bits per heavy atom. The van der Waals surface area contributed by atoms with Gasteiger partial charge in [-0.3, -0.25) is 5.43 Å². The van der Waals surface area contributed by atoms with Gasteiger partial charge in [0.1, 0.15) is 5.82 Å². The van der Waals surface area contributed by atoms with Gasteiger partial charge in [0.05, 0.1) is 11.2 Å². The van der Waals surface area contributed by atoms with Crippen LogP contribution in [0.1, 0.15) is 18.1 Å². The Morgan fingerprint density at radius 1 is 1.15 bits per heavy atom. The van der Waals surface area contributed by atoms with E-state index in [2.05, 4.69) is 32.6 Å². The molecule has 26 heavy (non-hydrogen) atoms. The van der Waals surface area contributed by atoms with Gasteiger partial charge in [0.25, 0.3) is 0 Å². The predicted octanol–water partition coefficient (Wildman–Crippen LogP) is 3.33. The van der Waals surface area contributed by atoms with Crippen LogP contribution in [-0.2, 0) is 5.75 Å². The lowest BCUT2D eigenvalue weighted by atomic mass is 10.1. The summed E-state index contributed by atoms with van der Waals surface area (Å²) >= 11 is 6.86. The van der Waals surface area contributed by atoms with E-state index >= 15 is 0 Å². The molecule has 0 fully saturated rings. The van der Waals surface area contributed by atoms with Gasteiger partial charge in [-0.25, -0.2) is 4.98 Å². The third-order valence-corrected chi connectivity index (χ3v) is 4.96. The molecule has 0 radical (unpaired) electrons. The lowest BCUT2D eigenvalue weighted by Gasteiger charge is -2.07. The molecule has 0 saturated heterocycles. The summed E-state index contributed by atoms with van der Waals surface area (Å²) in [4.78, 5) is 8.17. The molecule has 6 nitrogen and oxygen atoms in total. The number of thiocarbonyl (C=S) groups is 1. The summed E-state index contributed by atoms with van der Waals surface area (Å²) in [5.41, 5.74) is 18.1. The minimum atomic E-state index is 0.163. The van der Waals surface area contributed by atoms with Crippen LogP contribution in [0.2, 0.25) is 0 Å². The summed E-state index contributed by atoms with van der Waals surface area (Å²) in [6.07, 6.45) is 0. The molecule has 1 heterocycles. The average Bonchev–Trinajstić information content (AvgIpc) is 2.65. The molecule has 3 aromatic rings. The maximum atomic E-state index is 5.93. The van der Waals surface area contributed by atoms with Crippen LogP contribution in [0.3, 0.4) is 0 Å². The van der Waals surface area contributed by atoms with Crippen molar-refractivity contribution < 1.29 is 0 Å². The van der Waals surface area contributed by atoms with E-state index in [9.17, 15) is 0 Å². The topological polar surface area (TPSA) is 102 Å². The fraction of sp³-hybridized carbons (Fsp3) is 0.111. The van der Waals surface area contributed by atoms with Gasteiger partial charge < -0.3 is 11.5 Å². The number of nitrogen functional groups attached to an aromatic ring is 2. The molecule has 3 rings (SSSR count). The largest absolute Gasteiger partial charge is 0.383 e. The second-order valence-corrected chi connectivity index (χ2v) is 7.22. The quantitative estimate of drug-likeness (QED) is 0.361. The highest BCUT2D eigenvalue weighted by Gasteiger charge is 2.06. The first kappa shape index (κ1) is 18.1. The molecule has 0 aliphatic heterocycles. The van der Waals surface area contributed by atoms with Crippen molar-refractivity contribution in [2.45, 2.75) is 12.7 Å². The monoisotopic (exact) mass is 382 g/mol. The normalized spacial score (nSPS) is 11.5. The lowest BCUT2D eigenvalue weighted by Crippen LogP contribution is -2.14. The smallest absolute Gasteiger partial charge is 0.222 e. The minimum absolute atomic E-state index is 0.163. The number of nitrogens with zero attached hydrogens (tertiary/aromatic N) is 3. The molecule has 2 aromatic carbocycles. The molecular formula is C18H18N6S2. The van der Waals surface area contributed by atoms with Crippen molar-refractivity contribution in [1.82, 2.24) is 15.4 Å². The van der Waals surface area contributed by atoms with Gasteiger partial charge >= 0.3 is 0 Å². The molecule has 0 unspecified atom stereocenters. The third kappa shape index (κ3) is 4.47. The van der Waals surface area contributed by atoms with Crippen LogP contribution >= 0.6 is 24.0 Å². The highest BCUT2D eigenvalue weighted by atomic mass is 32.2. The molecule has 0 amide bonds. The Bertz CT molecular complexity index is 972. The second-order valence-electron chi connectivity index (χ2n) is 5.57. The standard InChI is InChI=1S/C18H18N6S2/c1-11(23-24-18(25)26-10-12-5-3-2-4-6-12)13-7-8-15-14(9-13)16(19)22-17(20)21-15/h2-9H,10H2,1H3,(H,24,25)(H4,19,20,21,22). The van der Waals surface area contributed by atoms with Gasteiger partial charge in [-0.05, 0) is 30.2 Å². The highest BCUT2D eigenvalue weighted by molar-refractivity contribution is 8.22. The highest BCUT2D eigenvalue weighted by Crippen LogP contribution is 2.20. The van der Waals surface area contributed by atoms with Crippen LogP contribution in [-0.4, -0.2) is 20.0 Å². The molecule has 0 atom stereocenters. The van der Waals surface area contributed by atoms with Gasteiger partial charge in [-0.1, -0.05) is 60.4 Å². The zero-order chi connectivity index (χ0) is 18.5. The summed E-state index contributed by atoms with van der Waals surface area (Å²) in [7, 11) is 0. The number of benzene rings is 2. The van der Waals surface area contributed by atoms with Crippen LogP contribution in [0.15, 0.2) is 53.6 Å². The third-order valence-electron chi connectivity index (χ3n) is 3.69. The number of nitrogens with one attached hydrogen (secondary N) is 1. The van der Waals surface area contributed by atoms with E-state index in [4.69, 9.17) is 23.7 Å². The van der Waals surface area contributed by atoms with Crippen LogP contribution in [0, 0.1) is 0 Å².